The van der Waals surface area contributed by atoms with Crippen molar-refractivity contribution in [2.24, 2.45) is 5.92 Å². The quantitative estimate of drug-likeness (QED) is 0.307. The Bertz CT molecular complexity index is 1210. The number of hydrogen-bond acceptors (Lipinski definition) is 5. The molecule has 31 heavy (non-hydrogen) atoms. The van der Waals surface area contributed by atoms with Gasteiger partial charge < -0.3 is 4.90 Å². The van der Waals surface area contributed by atoms with Gasteiger partial charge >= 0.3 is 0 Å². The summed E-state index contributed by atoms with van der Waals surface area (Å²) in [6.07, 6.45) is 4.86. The molecule has 4 rings (SSSR count). The minimum Gasteiger partial charge on any atom is -0.345 e. The highest BCUT2D eigenvalue weighted by atomic mass is 32.2. The summed E-state index contributed by atoms with van der Waals surface area (Å²) in [6, 6.07) is 7.63. The lowest BCUT2D eigenvalue weighted by Crippen LogP contribution is -2.23. The van der Waals surface area contributed by atoms with Crippen molar-refractivity contribution in [2.75, 3.05) is 14.1 Å². The van der Waals surface area contributed by atoms with Crippen LogP contribution in [0.1, 0.15) is 39.7 Å². The molecule has 7 heteroatoms. The van der Waals surface area contributed by atoms with Gasteiger partial charge in [-0.3, -0.25) is 14.2 Å². The van der Waals surface area contributed by atoms with E-state index in [1.54, 1.807) is 41.0 Å². The SMILES string of the molecule is C=CCn1c(SCc2cccc(C(=O)N(C)C)c2)nc2sc3c(c2c1=O)CCC(C)C3. The Morgan fingerprint density at radius 2 is 2.23 bits per heavy atom. The average Bonchev–Trinajstić information content (AvgIpc) is 3.11. The molecule has 1 aromatic carbocycles. The summed E-state index contributed by atoms with van der Waals surface area (Å²) in [7, 11) is 3.50. The zero-order chi connectivity index (χ0) is 22.1. The van der Waals surface area contributed by atoms with Crippen molar-refractivity contribution in [3.05, 3.63) is 68.8 Å². The minimum absolute atomic E-state index is 0.0200. The molecule has 0 bridgehead atoms. The monoisotopic (exact) mass is 453 g/mol. The number of aromatic nitrogens is 2. The van der Waals surface area contributed by atoms with E-state index in [0.29, 0.717) is 28.9 Å². The molecular formula is C24H27N3O2S2. The van der Waals surface area contributed by atoms with Crippen LogP contribution in [-0.2, 0) is 25.1 Å². The predicted octanol–water partition coefficient (Wildman–Crippen LogP) is 4.76. The summed E-state index contributed by atoms with van der Waals surface area (Å²) in [6.45, 7) is 6.54. The van der Waals surface area contributed by atoms with Crippen LogP contribution in [0.4, 0.5) is 0 Å². The zero-order valence-corrected chi connectivity index (χ0v) is 19.8. The fourth-order valence-corrected chi connectivity index (χ4v) is 6.38. The molecule has 1 aliphatic carbocycles. The van der Waals surface area contributed by atoms with Crippen LogP contribution in [0.25, 0.3) is 10.2 Å². The maximum absolute atomic E-state index is 13.4. The Morgan fingerprint density at radius 1 is 1.42 bits per heavy atom. The molecule has 162 valence electrons. The van der Waals surface area contributed by atoms with E-state index in [9.17, 15) is 9.59 Å². The Hall–Kier alpha value is -2.38. The van der Waals surface area contributed by atoms with Crippen molar-refractivity contribution in [3.63, 3.8) is 0 Å². The van der Waals surface area contributed by atoms with Gasteiger partial charge in [0, 0.05) is 36.8 Å². The third-order valence-corrected chi connectivity index (χ3v) is 7.84. The van der Waals surface area contributed by atoms with Crippen molar-refractivity contribution in [2.45, 2.75) is 43.6 Å². The highest BCUT2D eigenvalue weighted by Crippen LogP contribution is 2.36. The summed E-state index contributed by atoms with van der Waals surface area (Å²) in [4.78, 5) is 34.3. The van der Waals surface area contributed by atoms with E-state index in [2.05, 4.69) is 13.5 Å². The first-order chi connectivity index (χ1) is 14.9. The van der Waals surface area contributed by atoms with Crippen LogP contribution in [0.2, 0.25) is 0 Å². The lowest BCUT2D eigenvalue weighted by atomic mass is 9.89. The predicted molar refractivity (Wildman–Crippen MR) is 129 cm³/mol. The van der Waals surface area contributed by atoms with Crippen LogP contribution in [-0.4, -0.2) is 34.5 Å². The molecule has 0 fully saturated rings. The van der Waals surface area contributed by atoms with Gasteiger partial charge in [0.1, 0.15) is 4.83 Å². The molecule has 0 spiro atoms. The summed E-state index contributed by atoms with van der Waals surface area (Å²) >= 11 is 3.21. The highest BCUT2D eigenvalue weighted by molar-refractivity contribution is 7.98. The molecule has 1 aliphatic rings. The smallest absolute Gasteiger partial charge is 0.263 e. The van der Waals surface area contributed by atoms with Crippen molar-refractivity contribution >= 4 is 39.2 Å². The van der Waals surface area contributed by atoms with E-state index >= 15 is 0 Å². The molecule has 5 nitrogen and oxygen atoms in total. The molecule has 0 saturated carbocycles. The Kier molecular flexibility index (Phi) is 6.34. The third kappa shape index (κ3) is 4.34. The second-order valence-corrected chi connectivity index (χ2v) is 10.3. The number of allylic oxidation sites excluding steroid dienone is 1. The lowest BCUT2D eigenvalue weighted by molar-refractivity contribution is 0.0827. The number of carbonyl (C=O) groups excluding carboxylic acids is 1. The van der Waals surface area contributed by atoms with Crippen molar-refractivity contribution in [1.29, 1.82) is 0 Å². The van der Waals surface area contributed by atoms with E-state index in [1.807, 2.05) is 24.3 Å². The van der Waals surface area contributed by atoms with Gasteiger partial charge in [0.15, 0.2) is 5.16 Å². The largest absolute Gasteiger partial charge is 0.345 e. The Labute approximate surface area is 190 Å². The number of aryl methyl sites for hydroxylation is 1. The molecule has 2 heterocycles. The fourth-order valence-electron chi connectivity index (χ4n) is 4.01. The van der Waals surface area contributed by atoms with Crippen molar-refractivity contribution in [3.8, 4) is 0 Å². The normalized spacial score (nSPS) is 15.6. The summed E-state index contributed by atoms with van der Waals surface area (Å²) in [5, 5.41) is 1.50. The van der Waals surface area contributed by atoms with Gasteiger partial charge in [0.25, 0.3) is 11.5 Å². The van der Waals surface area contributed by atoms with Gasteiger partial charge in [0.05, 0.1) is 5.39 Å². The first-order valence-corrected chi connectivity index (χ1v) is 12.3. The van der Waals surface area contributed by atoms with Gasteiger partial charge in [0.2, 0.25) is 0 Å². The second-order valence-electron chi connectivity index (χ2n) is 8.32. The summed E-state index contributed by atoms with van der Waals surface area (Å²) in [5.74, 6) is 1.27. The topological polar surface area (TPSA) is 55.2 Å². The van der Waals surface area contributed by atoms with Crippen LogP contribution in [0, 0.1) is 5.92 Å². The van der Waals surface area contributed by atoms with Crippen LogP contribution in [0.3, 0.4) is 0 Å². The van der Waals surface area contributed by atoms with Gasteiger partial charge in [-0.1, -0.05) is 36.9 Å². The molecule has 0 aliphatic heterocycles. The van der Waals surface area contributed by atoms with Gasteiger partial charge in [-0.2, -0.15) is 0 Å². The number of nitrogens with zero attached hydrogens (tertiary/aromatic N) is 3. The van der Waals surface area contributed by atoms with Gasteiger partial charge in [-0.05, 0) is 48.4 Å². The fraction of sp³-hybridized carbons (Fsp3) is 0.375. The number of rotatable bonds is 6. The molecule has 2 aromatic heterocycles. The number of carbonyl (C=O) groups is 1. The zero-order valence-electron chi connectivity index (χ0n) is 18.2. The lowest BCUT2D eigenvalue weighted by Gasteiger charge is -2.17. The molecule has 1 atom stereocenters. The van der Waals surface area contributed by atoms with Crippen LogP contribution >= 0.6 is 23.1 Å². The van der Waals surface area contributed by atoms with E-state index in [4.69, 9.17) is 4.98 Å². The summed E-state index contributed by atoms with van der Waals surface area (Å²) in [5.41, 5.74) is 2.93. The number of fused-ring (bicyclic) bond motifs is 3. The first-order valence-electron chi connectivity index (χ1n) is 10.5. The minimum atomic E-state index is -0.0200. The maximum Gasteiger partial charge on any atom is 0.263 e. The number of hydrogen-bond donors (Lipinski definition) is 0. The van der Waals surface area contributed by atoms with E-state index < -0.39 is 0 Å². The molecule has 0 N–H and O–H groups in total. The standard InChI is InChI=1S/C24H27N3O2S2/c1-5-11-27-23(29)20-18-10-9-15(2)12-19(18)31-21(20)25-24(27)30-14-16-7-6-8-17(13-16)22(28)26(3)4/h5-8,13,15H,1,9-12,14H2,2-4H3. The van der Waals surface area contributed by atoms with E-state index in [1.165, 1.54) is 22.2 Å². The molecule has 3 aromatic rings. The first kappa shape index (κ1) is 21.8. The van der Waals surface area contributed by atoms with Gasteiger partial charge in [-0.15, -0.1) is 17.9 Å². The molecular weight excluding hydrogens is 426 g/mol. The Morgan fingerprint density at radius 3 is 2.97 bits per heavy atom. The van der Waals surface area contributed by atoms with Crippen LogP contribution in [0.15, 0.2) is 46.9 Å². The van der Waals surface area contributed by atoms with Crippen molar-refractivity contribution < 1.29 is 4.79 Å². The number of benzene rings is 1. The van der Waals surface area contributed by atoms with Gasteiger partial charge in [-0.25, -0.2) is 4.98 Å². The van der Waals surface area contributed by atoms with Crippen molar-refractivity contribution in [1.82, 2.24) is 14.5 Å². The second kappa shape index (κ2) is 9.01. The molecule has 0 saturated heterocycles. The number of thioether (sulfide) groups is 1. The number of thiophene rings is 1. The Balaban J connectivity index is 1.68. The third-order valence-electron chi connectivity index (χ3n) is 5.64. The number of amides is 1. The highest BCUT2D eigenvalue weighted by Gasteiger charge is 2.24. The molecule has 0 radical (unpaired) electrons. The maximum atomic E-state index is 13.4. The van der Waals surface area contributed by atoms with Crippen LogP contribution in [0.5, 0.6) is 0 Å². The van der Waals surface area contributed by atoms with E-state index in [0.717, 1.165) is 35.0 Å². The van der Waals surface area contributed by atoms with Crippen LogP contribution < -0.4 is 5.56 Å². The van der Waals surface area contributed by atoms with E-state index in [-0.39, 0.29) is 11.5 Å². The summed E-state index contributed by atoms with van der Waals surface area (Å²) < 4.78 is 1.74. The molecule has 1 unspecified atom stereocenters. The molecule has 1 amide bonds. The average molecular weight is 454 g/mol.